The summed E-state index contributed by atoms with van der Waals surface area (Å²) in [6, 6.07) is 7.79. The van der Waals surface area contributed by atoms with Gasteiger partial charge in [0.15, 0.2) is 12.0 Å². The van der Waals surface area contributed by atoms with E-state index in [1.54, 1.807) is 18.0 Å². The van der Waals surface area contributed by atoms with Crippen LogP contribution in [0.4, 0.5) is 0 Å². The molecule has 0 spiro atoms. The minimum Gasteiger partial charge on any atom is -0.497 e. The van der Waals surface area contributed by atoms with Crippen LogP contribution in [0.2, 0.25) is 0 Å². The average Bonchev–Trinajstić information content (AvgIpc) is 3.16. The maximum Gasteiger partial charge on any atom is 0.173 e. The van der Waals surface area contributed by atoms with E-state index in [1.165, 1.54) is 0 Å². The minimum atomic E-state index is 0.100. The van der Waals surface area contributed by atoms with Crippen molar-refractivity contribution in [2.24, 2.45) is 0 Å². The van der Waals surface area contributed by atoms with Crippen LogP contribution in [0.1, 0.15) is 11.8 Å². The van der Waals surface area contributed by atoms with Crippen molar-refractivity contribution in [1.82, 2.24) is 9.78 Å². The Bertz CT molecular complexity index is 517. The highest BCUT2D eigenvalue weighted by atomic mass is 16.6. The van der Waals surface area contributed by atoms with Gasteiger partial charge in [-0.05, 0) is 17.7 Å². The summed E-state index contributed by atoms with van der Waals surface area (Å²) in [7, 11) is 1.65. The Kier molecular flexibility index (Phi) is 2.90. The van der Waals surface area contributed by atoms with Crippen molar-refractivity contribution in [3.05, 3.63) is 42.2 Å². The largest absolute Gasteiger partial charge is 0.497 e. The zero-order valence-electron chi connectivity index (χ0n) is 10.1. The van der Waals surface area contributed by atoms with Gasteiger partial charge in [-0.1, -0.05) is 12.1 Å². The second-order valence-electron chi connectivity index (χ2n) is 4.08. The van der Waals surface area contributed by atoms with E-state index in [4.69, 9.17) is 14.2 Å². The molecule has 1 unspecified atom stereocenters. The molecule has 1 fully saturated rings. The number of benzene rings is 1. The molecule has 0 aliphatic carbocycles. The lowest BCUT2D eigenvalue weighted by atomic mass is 10.2. The van der Waals surface area contributed by atoms with Crippen molar-refractivity contribution < 1.29 is 14.2 Å². The maximum absolute atomic E-state index is 5.64. The third-order valence-corrected chi connectivity index (χ3v) is 2.75. The van der Waals surface area contributed by atoms with Crippen molar-refractivity contribution in [2.45, 2.75) is 12.8 Å². The Labute approximate surface area is 105 Å². The minimum absolute atomic E-state index is 0.100. The Morgan fingerprint density at radius 3 is 2.78 bits per heavy atom. The van der Waals surface area contributed by atoms with Gasteiger partial charge in [0.05, 0.1) is 26.1 Å². The van der Waals surface area contributed by atoms with E-state index >= 15 is 0 Å². The zero-order chi connectivity index (χ0) is 12.4. The Balaban J connectivity index is 1.58. The third-order valence-electron chi connectivity index (χ3n) is 2.75. The van der Waals surface area contributed by atoms with Gasteiger partial charge in [-0.2, -0.15) is 5.10 Å². The van der Waals surface area contributed by atoms with Crippen LogP contribution in [0.15, 0.2) is 36.7 Å². The second kappa shape index (κ2) is 4.70. The summed E-state index contributed by atoms with van der Waals surface area (Å²) in [5.41, 5.74) is 1.09. The highest BCUT2D eigenvalue weighted by molar-refractivity contribution is 5.27. The fraction of sp³-hybridized carbons (Fsp3) is 0.308. The number of rotatable bonds is 5. The lowest BCUT2D eigenvalue weighted by molar-refractivity contribution is 0.302. The van der Waals surface area contributed by atoms with Crippen molar-refractivity contribution in [3.8, 4) is 11.5 Å². The van der Waals surface area contributed by atoms with E-state index in [-0.39, 0.29) is 6.23 Å². The SMILES string of the molecule is COc1ccc(COc2cnn(C3CO3)c2)cc1. The molecule has 1 aliphatic heterocycles. The molecule has 2 aromatic rings. The van der Waals surface area contributed by atoms with Gasteiger partial charge >= 0.3 is 0 Å². The van der Waals surface area contributed by atoms with Crippen molar-refractivity contribution in [3.63, 3.8) is 0 Å². The molecule has 5 heteroatoms. The molecule has 0 N–H and O–H groups in total. The number of nitrogens with zero attached hydrogens (tertiary/aromatic N) is 2. The molecule has 0 saturated carbocycles. The van der Waals surface area contributed by atoms with E-state index in [1.807, 2.05) is 30.5 Å². The van der Waals surface area contributed by atoms with Gasteiger partial charge in [0.2, 0.25) is 0 Å². The molecule has 1 aromatic heterocycles. The third kappa shape index (κ3) is 2.46. The van der Waals surface area contributed by atoms with Crippen LogP contribution in [-0.2, 0) is 11.3 Å². The van der Waals surface area contributed by atoms with Crippen LogP contribution < -0.4 is 9.47 Å². The highest BCUT2D eigenvalue weighted by Crippen LogP contribution is 2.24. The van der Waals surface area contributed by atoms with E-state index in [0.29, 0.717) is 6.61 Å². The van der Waals surface area contributed by atoms with Gasteiger partial charge < -0.3 is 14.2 Å². The average molecular weight is 246 g/mol. The van der Waals surface area contributed by atoms with Crippen LogP contribution in [-0.4, -0.2) is 23.5 Å². The predicted molar refractivity (Wildman–Crippen MR) is 64.5 cm³/mol. The normalized spacial score (nSPS) is 17.5. The maximum atomic E-state index is 5.64. The first kappa shape index (κ1) is 11.1. The van der Waals surface area contributed by atoms with E-state index in [2.05, 4.69) is 5.10 Å². The Morgan fingerprint density at radius 2 is 2.11 bits per heavy atom. The number of hydrogen-bond acceptors (Lipinski definition) is 4. The lowest BCUT2D eigenvalue weighted by Crippen LogP contribution is -1.95. The molecular weight excluding hydrogens is 232 g/mol. The van der Waals surface area contributed by atoms with Crippen LogP contribution >= 0.6 is 0 Å². The molecular formula is C13H14N2O3. The van der Waals surface area contributed by atoms with E-state index in [9.17, 15) is 0 Å². The van der Waals surface area contributed by atoms with Gasteiger partial charge in [-0.15, -0.1) is 0 Å². The van der Waals surface area contributed by atoms with Gasteiger partial charge in [0, 0.05) is 0 Å². The van der Waals surface area contributed by atoms with Crippen LogP contribution in [0, 0.1) is 0 Å². The van der Waals surface area contributed by atoms with E-state index in [0.717, 1.165) is 23.7 Å². The number of hydrogen-bond donors (Lipinski definition) is 0. The number of methoxy groups -OCH3 is 1. The van der Waals surface area contributed by atoms with Crippen LogP contribution in [0.25, 0.3) is 0 Å². The lowest BCUT2D eigenvalue weighted by Gasteiger charge is -2.04. The predicted octanol–water partition coefficient (Wildman–Crippen LogP) is 2.00. The van der Waals surface area contributed by atoms with Crippen LogP contribution in [0.5, 0.6) is 11.5 Å². The summed E-state index contributed by atoms with van der Waals surface area (Å²) in [5.74, 6) is 1.60. The van der Waals surface area contributed by atoms with Crippen molar-refractivity contribution in [1.29, 1.82) is 0 Å². The molecule has 1 saturated heterocycles. The molecule has 1 atom stereocenters. The van der Waals surface area contributed by atoms with Crippen LogP contribution in [0.3, 0.4) is 0 Å². The number of aromatic nitrogens is 2. The first-order valence-corrected chi connectivity index (χ1v) is 5.76. The van der Waals surface area contributed by atoms with Gasteiger partial charge in [0.25, 0.3) is 0 Å². The molecule has 0 amide bonds. The monoisotopic (exact) mass is 246 g/mol. The quantitative estimate of drug-likeness (QED) is 0.757. The smallest absolute Gasteiger partial charge is 0.173 e. The van der Waals surface area contributed by atoms with E-state index < -0.39 is 0 Å². The zero-order valence-corrected chi connectivity index (χ0v) is 10.1. The second-order valence-corrected chi connectivity index (χ2v) is 4.08. The molecule has 1 aliphatic rings. The topological polar surface area (TPSA) is 48.8 Å². The molecule has 94 valence electrons. The summed E-state index contributed by atoms with van der Waals surface area (Å²) in [5, 5.41) is 4.16. The van der Waals surface area contributed by atoms with Crippen molar-refractivity contribution in [2.75, 3.05) is 13.7 Å². The number of ether oxygens (including phenoxy) is 3. The molecule has 18 heavy (non-hydrogen) atoms. The molecule has 0 radical (unpaired) electrons. The first-order chi connectivity index (χ1) is 8.85. The highest BCUT2D eigenvalue weighted by Gasteiger charge is 2.25. The summed E-state index contributed by atoms with van der Waals surface area (Å²) < 4.78 is 17.6. The van der Waals surface area contributed by atoms with Gasteiger partial charge in [-0.25, -0.2) is 4.68 Å². The standard InChI is InChI=1S/C13H14N2O3/c1-16-11-4-2-10(3-5-11)8-17-12-6-14-15(7-12)13-9-18-13/h2-7,13H,8-9H2,1H3. The van der Waals surface area contributed by atoms with Crippen molar-refractivity contribution >= 4 is 0 Å². The fourth-order valence-corrected chi connectivity index (χ4v) is 1.64. The summed E-state index contributed by atoms with van der Waals surface area (Å²) in [4.78, 5) is 0. The molecule has 1 aromatic carbocycles. The molecule has 0 bridgehead atoms. The van der Waals surface area contributed by atoms with Gasteiger partial charge in [-0.3, -0.25) is 0 Å². The Hall–Kier alpha value is -2.01. The summed E-state index contributed by atoms with van der Waals surface area (Å²) in [6.07, 6.45) is 3.65. The Morgan fingerprint density at radius 1 is 1.33 bits per heavy atom. The summed E-state index contributed by atoms with van der Waals surface area (Å²) >= 11 is 0. The fourth-order valence-electron chi connectivity index (χ4n) is 1.64. The number of epoxide rings is 1. The molecule has 5 nitrogen and oxygen atoms in total. The summed E-state index contributed by atoms with van der Waals surface area (Å²) in [6.45, 7) is 1.25. The molecule has 2 heterocycles. The molecule has 3 rings (SSSR count). The first-order valence-electron chi connectivity index (χ1n) is 5.76. The van der Waals surface area contributed by atoms with Gasteiger partial charge in [0.1, 0.15) is 12.4 Å².